The average molecular weight is 305 g/mol. The summed E-state index contributed by atoms with van der Waals surface area (Å²) in [5.41, 5.74) is 2.69. The van der Waals surface area contributed by atoms with Crippen LogP contribution >= 0.6 is 0 Å². The first kappa shape index (κ1) is 15.5. The van der Waals surface area contributed by atoms with Crippen molar-refractivity contribution in [3.05, 3.63) is 54.6 Å². The van der Waals surface area contributed by atoms with Gasteiger partial charge in [0.2, 0.25) is 10.0 Å². The number of nitrogens with one attached hydrogen (secondary N) is 1. The van der Waals surface area contributed by atoms with Gasteiger partial charge in [0.1, 0.15) is 0 Å². The van der Waals surface area contributed by atoms with E-state index in [9.17, 15) is 8.42 Å². The van der Waals surface area contributed by atoms with E-state index in [4.69, 9.17) is 5.11 Å². The summed E-state index contributed by atoms with van der Waals surface area (Å²) in [7, 11) is -3.35. The molecule has 0 fully saturated rings. The van der Waals surface area contributed by atoms with Crippen molar-refractivity contribution >= 4 is 15.7 Å². The molecule has 0 aliphatic heterocycles. The van der Waals surface area contributed by atoms with Gasteiger partial charge in [0, 0.05) is 12.3 Å². The van der Waals surface area contributed by atoms with Gasteiger partial charge >= 0.3 is 0 Å². The highest BCUT2D eigenvalue weighted by atomic mass is 32.2. The molecule has 2 aromatic rings. The molecule has 21 heavy (non-hydrogen) atoms. The van der Waals surface area contributed by atoms with E-state index in [1.807, 2.05) is 42.5 Å². The molecule has 0 bridgehead atoms. The van der Waals surface area contributed by atoms with Crippen molar-refractivity contribution in [1.29, 1.82) is 0 Å². The molecule has 0 atom stereocenters. The second-order valence-electron chi connectivity index (χ2n) is 4.80. The van der Waals surface area contributed by atoms with E-state index >= 15 is 0 Å². The molecule has 0 saturated heterocycles. The number of hydrogen-bond donors (Lipinski definition) is 2. The minimum absolute atomic E-state index is 0.0152. The van der Waals surface area contributed by atoms with Crippen LogP contribution in [-0.4, -0.2) is 25.9 Å². The number of benzene rings is 2. The molecule has 2 N–H and O–H groups in total. The third-order valence-electron chi connectivity index (χ3n) is 3.09. The Balaban J connectivity index is 2.03. The van der Waals surface area contributed by atoms with Crippen LogP contribution in [0.1, 0.15) is 12.8 Å². The normalized spacial score (nSPS) is 11.3. The zero-order chi connectivity index (χ0) is 15.1. The molecule has 0 aromatic heterocycles. The summed E-state index contributed by atoms with van der Waals surface area (Å²) in [6, 6.07) is 17.2. The summed E-state index contributed by atoms with van der Waals surface area (Å²) in [4.78, 5) is 0. The molecule has 112 valence electrons. The van der Waals surface area contributed by atoms with Gasteiger partial charge in [0.05, 0.1) is 5.75 Å². The molecule has 0 saturated carbocycles. The maximum absolute atomic E-state index is 11.8. The van der Waals surface area contributed by atoms with Gasteiger partial charge in [-0.3, -0.25) is 4.72 Å². The molecular formula is C16H19NO3S. The molecule has 5 heteroatoms. The van der Waals surface area contributed by atoms with Crippen LogP contribution in [-0.2, 0) is 10.0 Å². The standard InChI is InChI=1S/C16H19NO3S/c18-12-4-5-13-21(19,20)17-16-10-8-15(9-11-16)14-6-2-1-3-7-14/h1-3,6-11,17-18H,4-5,12-13H2. The minimum atomic E-state index is -3.35. The van der Waals surface area contributed by atoms with Crippen molar-refractivity contribution in [2.24, 2.45) is 0 Å². The minimum Gasteiger partial charge on any atom is -0.396 e. The molecule has 2 aromatic carbocycles. The summed E-state index contributed by atoms with van der Waals surface area (Å²) in [5, 5.41) is 8.68. The SMILES string of the molecule is O=S(=O)(CCCCO)Nc1ccc(-c2ccccc2)cc1. The van der Waals surface area contributed by atoms with Crippen LogP contribution in [0.4, 0.5) is 5.69 Å². The van der Waals surface area contributed by atoms with Crippen molar-refractivity contribution in [2.45, 2.75) is 12.8 Å². The van der Waals surface area contributed by atoms with Crippen LogP contribution in [0.15, 0.2) is 54.6 Å². The molecule has 0 unspecified atom stereocenters. The number of sulfonamides is 1. The van der Waals surface area contributed by atoms with Crippen molar-refractivity contribution in [2.75, 3.05) is 17.1 Å². The lowest BCUT2D eigenvalue weighted by Crippen LogP contribution is -2.16. The predicted octanol–water partition coefficient (Wildman–Crippen LogP) is 2.87. The number of aliphatic hydroxyl groups excluding tert-OH is 1. The third-order valence-corrected chi connectivity index (χ3v) is 4.46. The number of anilines is 1. The topological polar surface area (TPSA) is 66.4 Å². The number of unbranched alkanes of at least 4 members (excludes halogenated alkanes) is 1. The van der Waals surface area contributed by atoms with Gasteiger partial charge in [-0.2, -0.15) is 0 Å². The van der Waals surface area contributed by atoms with Crippen LogP contribution in [0.5, 0.6) is 0 Å². The molecule has 0 aliphatic rings. The van der Waals surface area contributed by atoms with Crippen molar-refractivity contribution in [3.8, 4) is 11.1 Å². The maximum Gasteiger partial charge on any atom is 0.232 e. The van der Waals surface area contributed by atoms with E-state index in [0.717, 1.165) is 11.1 Å². The fourth-order valence-electron chi connectivity index (χ4n) is 2.00. The summed E-state index contributed by atoms with van der Waals surface area (Å²) >= 11 is 0. The van der Waals surface area contributed by atoms with Crippen molar-refractivity contribution in [1.82, 2.24) is 0 Å². The Kier molecular flexibility index (Phi) is 5.36. The molecular weight excluding hydrogens is 286 g/mol. The Labute approximate surface area is 125 Å². The van der Waals surface area contributed by atoms with Gasteiger partial charge in [0.25, 0.3) is 0 Å². The predicted molar refractivity (Wildman–Crippen MR) is 85.6 cm³/mol. The van der Waals surface area contributed by atoms with Crippen LogP contribution in [0, 0.1) is 0 Å². The second-order valence-corrected chi connectivity index (χ2v) is 6.64. The lowest BCUT2D eigenvalue weighted by Gasteiger charge is -2.08. The van der Waals surface area contributed by atoms with Crippen LogP contribution in [0.2, 0.25) is 0 Å². The van der Waals surface area contributed by atoms with Gasteiger partial charge in [-0.15, -0.1) is 0 Å². The molecule has 4 nitrogen and oxygen atoms in total. The summed E-state index contributed by atoms with van der Waals surface area (Å²) < 4.78 is 26.2. The lowest BCUT2D eigenvalue weighted by atomic mass is 10.1. The number of hydrogen-bond acceptors (Lipinski definition) is 3. The largest absolute Gasteiger partial charge is 0.396 e. The fourth-order valence-corrected chi connectivity index (χ4v) is 3.18. The van der Waals surface area contributed by atoms with E-state index in [0.29, 0.717) is 18.5 Å². The Morgan fingerprint density at radius 1 is 0.857 bits per heavy atom. The Bertz CT molecular complexity index is 652. The maximum atomic E-state index is 11.8. The monoisotopic (exact) mass is 305 g/mol. The van der Waals surface area contributed by atoms with Gasteiger partial charge in [-0.1, -0.05) is 42.5 Å². The van der Waals surface area contributed by atoms with Crippen LogP contribution in [0.3, 0.4) is 0 Å². The first-order chi connectivity index (χ1) is 10.1. The highest BCUT2D eigenvalue weighted by molar-refractivity contribution is 7.92. The lowest BCUT2D eigenvalue weighted by molar-refractivity contribution is 0.287. The quantitative estimate of drug-likeness (QED) is 0.773. The van der Waals surface area contributed by atoms with Gasteiger partial charge in [0.15, 0.2) is 0 Å². The zero-order valence-corrected chi connectivity index (χ0v) is 12.5. The third kappa shape index (κ3) is 4.88. The highest BCUT2D eigenvalue weighted by Gasteiger charge is 2.09. The van der Waals surface area contributed by atoms with Crippen molar-refractivity contribution < 1.29 is 13.5 Å². The summed E-state index contributed by atoms with van der Waals surface area (Å²) in [5.74, 6) is 0.0218. The van der Waals surface area contributed by atoms with Crippen molar-refractivity contribution in [3.63, 3.8) is 0 Å². The van der Waals surface area contributed by atoms with Crippen LogP contribution in [0.25, 0.3) is 11.1 Å². The van der Waals surface area contributed by atoms with E-state index in [1.165, 1.54) is 0 Å². The highest BCUT2D eigenvalue weighted by Crippen LogP contribution is 2.21. The van der Waals surface area contributed by atoms with Crippen LogP contribution < -0.4 is 4.72 Å². The average Bonchev–Trinajstić information content (AvgIpc) is 2.49. The van der Waals surface area contributed by atoms with E-state index in [-0.39, 0.29) is 12.4 Å². The number of aliphatic hydroxyl groups is 1. The number of rotatable bonds is 7. The molecule has 0 amide bonds. The molecule has 0 heterocycles. The zero-order valence-electron chi connectivity index (χ0n) is 11.7. The van der Waals surface area contributed by atoms with E-state index in [1.54, 1.807) is 12.1 Å². The van der Waals surface area contributed by atoms with Gasteiger partial charge < -0.3 is 5.11 Å². The molecule has 0 spiro atoms. The Hall–Kier alpha value is -1.85. The second kappa shape index (κ2) is 7.24. The summed E-state index contributed by atoms with van der Waals surface area (Å²) in [6.45, 7) is 0.0152. The van der Waals surface area contributed by atoms with E-state index < -0.39 is 10.0 Å². The fraction of sp³-hybridized carbons (Fsp3) is 0.250. The molecule has 2 rings (SSSR count). The first-order valence-electron chi connectivity index (χ1n) is 6.87. The van der Waals surface area contributed by atoms with Gasteiger partial charge in [-0.25, -0.2) is 8.42 Å². The molecule has 0 aliphatic carbocycles. The first-order valence-corrected chi connectivity index (χ1v) is 8.53. The summed E-state index contributed by atoms with van der Waals surface area (Å²) in [6.07, 6.45) is 0.946. The van der Waals surface area contributed by atoms with Gasteiger partial charge in [-0.05, 0) is 36.1 Å². The van der Waals surface area contributed by atoms with E-state index in [2.05, 4.69) is 4.72 Å². The molecule has 0 radical (unpaired) electrons. The smallest absolute Gasteiger partial charge is 0.232 e. The Morgan fingerprint density at radius 3 is 2.10 bits per heavy atom. The Morgan fingerprint density at radius 2 is 1.48 bits per heavy atom.